The number of sulfone groups is 1. The van der Waals surface area contributed by atoms with E-state index in [9.17, 15) is 12.8 Å². The van der Waals surface area contributed by atoms with E-state index in [1.54, 1.807) is 19.9 Å². The predicted octanol–water partition coefficient (Wildman–Crippen LogP) is 2.53. The van der Waals surface area contributed by atoms with Crippen molar-refractivity contribution in [3.8, 4) is 5.75 Å². The highest BCUT2D eigenvalue weighted by atomic mass is 32.2. The Morgan fingerprint density at radius 3 is 2.67 bits per heavy atom. The molecular weight excluding hydrogens is 293 g/mol. The average Bonchev–Trinajstić information content (AvgIpc) is 2.41. The van der Waals surface area contributed by atoms with Gasteiger partial charge in [-0.25, -0.2) is 12.8 Å². The lowest BCUT2D eigenvalue weighted by Crippen LogP contribution is -2.22. The maximum absolute atomic E-state index is 13.3. The van der Waals surface area contributed by atoms with Crippen molar-refractivity contribution in [3.05, 3.63) is 29.6 Å². The lowest BCUT2D eigenvalue weighted by molar-refractivity contribution is 0.335. The number of benzene rings is 1. The summed E-state index contributed by atoms with van der Waals surface area (Å²) < 4.78 is 42.3. The molecule has 0 aromatic heterocycles. The van der Waals surface area contributed by atoms with E-state index in [1.807, 2.05) is 6.92 Å². The molecule has 120 valence electrons. The van der Waals surface area contributed by atoms with Crippen molar-refractivity contribution in [2.24, 2.45) is 0 Å². The molecule has 0 atom stereocenters. The van der Waals surface area contributed by atoms with Gasteiger partial charge in [0.1, 0.15) is 18.2 Å². The largest absolute Gasteiger partial charge is 0.492 e. The molecule has 1 aromatic carbocycles. The molecule has 1 aromatic rings. The first-order chi connectivity index (χ1) is 9.86. The van der Waals surface area contributed by atoms with E-state index in [4.69, 9.17) is 4.74 Å². The van der Waals surface area contributed by atoms with Gasteiger partial charge < -0.3 is 10.1 Å². The first-order valence-corrected chi connectivity index (χ1v) is 8.92. The van der Waals surface area contributed by atoms with Gasteiger partial charge in [-0.1, -0.05) is 6.92 Å². The fourth-order valence-electron chi connectivity index (χ4n) is 1.73. The summed E-state index contributed by atoms with van der Waals surface area (Å²) >= 11 is 0. The third-order valence-electron chi connectivity index (χ3n) is 3.11. The van der Waals surface area contributed by atoms with Crippen molar-refractivity contribution in [3.63, 3.8) is 0 Å². The van der Waals surface area contributed by atoms with E-state index in [0.717, 1.165) is 13.0 Å². The van der Waals surface area contributed by atoms with Gasteiger partial charge in [-0.05, 0) is 45.0 Å². The molecular formula is C15H24FNO3S. The van der Waals surface area contributed by atoms with Gasteiger partial charge in [0.25, 0.3) is 0 Å². The lowest BCUT2D eigenvalue weighted by Gasteiger charge is -2.13. The van der Waals surface area contributed by atoms with E-state index in [-0.39, 0.29) is 18.2 Å². The normalized spacial score (nSPS) is 11.9. The Hall–Kier alpha value is -1.14. The predicted molar refractivity (Wildman–Crippen MR) is 82.8 cm³/mol. The minimum Gasteiger partial charge on any atom is -0.492 e. The van der Waals surface area contributed by atoms with Gasteiger partial charge in [0.15, 0.2) is 9.84 Å². The van der Waals surface area contributed by atoms with Crippen LogP contribution in [0, 0.1) is 5.82 Å². The van der Waals surface area contributed by atoms with Crippen LogP contribution in [0.4, 0.5) is 4.39 Å². The first kappa shape index (κ1) is 17.9. The summed E-state index contributed by atoms with van der Waals surface area (Å²) in [7, 11) is -3.12. The zero-order valence-electron chi connectivity index (χ0n) is 12.9. The molecule has 0 saturated carbocycles. The van der Waals surface area contributed by atoms with Gasteiger partial charge in [-0.15, -0.1) is 0 Å². The molecule has 0 radical (unpaired) electrons. The molecule has 1 rings (SSSR count). The summed E-state index contributed by atoms with van der Waals surface area (Å²) in [6.45, 7) is 6.75. The number of halogens is 1. The molecule has 0 aliphatic rings. The summed E-state index contributed by atoms with van der Waals surface area (Å²) in [6, 6.07) is 4.27. The fourth-order valence-corrected chi connectivity index (χ4v) is 2.52. The van der Waals surface area contributed by atoms with E-state index >= 15 is 0 Å². The second-order valence-electron chi connectivity index (χ2n) is 5.19. The smallest absolute Gasteiger partial charge is 0.155 e. The van der Waals surface area contributed by atoms with E-state index in [1.165, 1.54) is 12.1 Å². The quantitative estimate of drug-likeness (QED) is 0.711. The molecule has 1 N–H and O–H groups in total. The van der Waals surface area contributed by atoms with E-state index in [0.29, 0.717) is 17.9 Å². The number of ether oxygens (including phenoxy) is 1. The Morgan fingerprint density at radius 1 is 1.33 bits per heavy atom. The topological polar surface area (TPSA) is 55.4 Å². The van der Waals surface area contributed by atoms with Gasteiger partial charge >= 0.3 is 0 Å². The molecule has 0 heterocycles. The Bertz CT molecular complexity index is 544. The average molecular weight is 317 g/mol. The van der Waals surface area contributed by atoms with Crippen molar-refractivity contribution >= 4 is 9.84 Å². The highest BCUT2D eigenvalue weighted by Crippen LogP contribution is 2.20. The number of rotatable bonds is 9. The summed E-state index contributed by atoms with van der Waals surface area (Å²) in [4.78, 5) is 0. The van der Waals surface area contributed by atoms with Crippen molar-refractivity contribution in [2.45, 2.75) is 39.0 Å². The summed E-state index contributed by atoms with van der Waals surface area (Å²) in [6.07, 6.45) is 0.984. The minimum absolute atomic E-state index is 0.0378. The second kappa shape index (κ2) is 8.34. The van der Waals surface area contributed by atoms with Crippen LogP contribution >= 0.6 is 0 Å². The van der Waals surface area contributed by atoms with Gasteiger partial charge in [0.05, 0.1) is 11.0 Å². The van der Waals surface area contributed by atoms with Crippen LogP contribution < -0.4 is 10.1 Å². The summed E-state index contributed by atoms with van der Waals surface area (Å²) in [5.74, 6) is 0.161. The molecule has 21 heavy (non-hydrogen) atoms. The monoisotopic (exact) mass is 317 g/mol. The third kappa shape index (κ3) is 6.01. The molecule has 0 fully saturated rings. The maximum Gasteiger partial charge on any atom is 0.155 e. The molecule has 0 bridgehead atoms. The lowest BCUT2D eigenvalue weighted by atomic mass is 10.2. The summed E-state index contributed by atoms with van der Waals surface area (Å²) in [5.41, 5.74) is 0.699. The molecule has 0 amide bonds. The van der Waals surface area contributed by atoms with Crippen LogP contribution in [0.25, 0.3) is 0 Å². The molecule has 0 aliphatic heterocycles. The van der Waals surface area contributed by atoms with Crippen LogP contribution in [-0.4, -0.2) is 32.6 Å². The highest BCUT2D eigenvalue weighted by molar-refractivity contribution is 7.91. The fraction of sp³-hybridized carbons (Fsp3) is 0.600. The van der Waals surface area contributed by atoms with Crippen LogP contribution in [0.5, 0.6) is 5.75 Å². The van der Waals surface area contributed by atoms with Crippen LogP contribution in [0.2, 0.25) is 0 Å². The Balaban J connectivity index is 2.65. The SMILES string of the molecule is CCCNCc1cc(F)ccc1OCCS(=O)(=O)C(C)C. The van der Waals surface area contributed by atoms with Crippen LogP contribution in [0.15, 0.2) is 18.2 Å². The standard InChI is InChI=1S/C15H24FNO3S/c1-4-7-17-11-13-10-14(16)5-6-15(13)20-8-9-21(18,19)12(2)3/h5-6,10,12,17H,4,7-9,11H2,1-3H3. The van der Waals surface area contributed by atoms with E-state index < -0.39 is 15.1 Å². The molecule has 6 heteroatoms. The molecule has 0 spiro atoms. The van der Waals surface area contributed by atoms with Crippen molar-refractivity contribution in [2.75, 3.05) is 18.9 Å². The van der Waals surface area contributed by atoms with Gasteiger partial charge in [0.2, 0.25) is 0 Å². The van der Waals surface area contributed by atoms with Gasteiger partial charge in [-0.2, -0.15) is 0 Å². The Kier molecular flexibility index (Phi) is 7.11. The van der Waals surface area contributed by atoms with Crippen molar-refractivity contribution in [1.29, 1.82) is 0 Å². The summed E-state index contributed by atoms with van der Waals surface area (Å²) in [5, 5.41) is 2.76. The zero-order valence-corrected chi connectivity index (χ0v) is 13.7. The first-order valence-electron chi connectivity index (χ1n) is 7.20. The van der Waals surface area contributed by atoms with Crippen LogP contribution in [-0.2, 0) is 16.4 Å². The second-order valence-corrected chi connectivity index (χ2v) is 7.87. The third-order valence-corrected chi connectivity index (χ3v) is 5.28. The number of nitrogens with one attached hydrogen (secondary N) is 1. The van der Waals surface area contributed by atoms with Crippen LogP contribution in [0.3, 0.4) is 0 Å². The zero-order chi connectivity index (χ0) is 15.9. The van der Waals surface area contributed by atoms with Gasteiger partial charge in [0, 0.05) is 12.1 Å². The Morgan fingerprint density at radius 2 is 2.05 bits per heavy atom. The van der Waals surface area contributed by atoms with Crippen molar-refractivity contribution in [1.82, 2.24) is 5.32 Å². The van der Waals surface area contributed by atoms with Gasteiger partial charge in [-0.3, -0.25) is 0 Å². The minimum atomic E-state index is -3.12. The van der Waals surface area contributed by atoms with Crippen molar-refractivity contribution < 1.29 is 17.5 Å². The highest BCUT2D eigenvalue weighted by Gasteiger charge is 2.16. The number of hydrogen-bond acceptors (Lipinski definition) is 4. The molecule has 0 saturated heterocycles. The maximum atomic E-state index is 13.3. The molecule has 0 aliphatic carbocycles. The molecule has 4 nitrogen and oxygen atoms in total. The molecule has 0 unspecified atom stereocenters. The van der Waals surface area contributed by atoms with Crippen LogP contribution in [0.1, 0.15) is 32.8 Å². The Labute approximate surface area is 126 Å². The van der Waals surface area contributed by atoms with E-state index in [2.05, 4.69) is 5.32 Å². The number of hydrogen-bond donors (Lipinski definition) is 1.